The molecule has 0 radical (unpaired) electrons. The quantitative estimate of drug-likeness (QED) is 0.346. The highest BCUT2D eigenvalue weighted by Crippen LogP contribution is 2.47. The second-order valence-electron chi connectivity index (χ2n) is 8.44. The molecule has 0 aliphatic carbocycles. The van der Waals surface area contributed by atoms with Crippen molar-refractivity contribution in [2.24, 2.45) is 0 Å². The lowest BCUT2D eigenvalue weighted by molar-refractivity contribution is 0.163. The topological polar surface area (TPSA) is 9.23 Å². The molecular formula is C29H26O. The van der Waals surface area contributed by atoms with Crippen molar-refractivity contribution in [1.82, 2.24) is 0 Å². The summed E-state index contributed by atoms with van der Waals surface area (Å²) in [5, 5.41) is 2.43. The average molecular weight is 391 g/mol. The summed E-state index contributed by atoms with van der Waals surface area (Å²) in [7, 11) is 0. The Kier molecular flexibility index (Phi) is 4.29. The van der Waals surface area contributed by atoms with Crippen molar-refractivity contribution in [3.8, 4) is 5.75 Å². The highest BCUT2D eigenvalue weighted by molar-refractivity contribution is 5.96. The van der Waals surface area contributed by atoms with Crippen LogP contribution in [0.3, 0.4) is 0 Å². The molecule has 0 fully saturated rings. The van der Waals surface area contributed by atoms with Gasteiger partial charge in [-0.2, -0.15) is 0 Å². The summed E-state index contributed by atoms with van der Waals surface area (Å²) in [5.74, 6) is 0.970. The molecule has 1 heterocycles. The van der Waals surface area contributed by atoms with Crippen LogP contribution in [0.4, 0.5) is 0 Å². The third-order valence-electron chi connectivity index (χ3n) is 6.50. The standard InChI is InChI=1S/C29H26O/c1-19-9-13-23(14-10-19)29(24-15-11-20(2)12-16-24)18-17-26-22(4)21(3)25-7-5-6-8-27(25)28(26)30-29/h5-18H,1-4H3. The van der Waals surface area contributed by atoms with Gasteiger partial charge >= 0.3 is 0 Å². The maximum Gasteiger partial charge on any atom is 0.178 e. The predicted octanol–water partition coefficient (Wildman–Crippen LogP) is 7.42. The van der Waals surface area contributed by atoms with Crippen molar-refractivity contribution >= 4 is 16.8 Å². The third-order valence-corrected chi connectivity index (χ3v) is 6.50. The van der Waals surface area contributed by atoms with Gasteiger partial charge in [-0.1, -0.05) is 90.0 Å². The molecule has 0 amide bonds. The lowest BCUT2D eigenvalue weighted by Crippen LogP contribution is -2.34. The Bertz CT molecular complexity index is 1230. The molecule has 1 nitrogen and oxygen atoms in total. The van der Waals surface area contributed by atoms with Gasteiger partial charge in [-0.25, -0.2) is 0 Å². The molecule has 4 aromatic carbocycles. The Balaban J connectivity index is 1.80. The maximum atomic E-state index is 7.03. The van der Waals surface area contributed by atoms with Crippen molar-refractivity contribution in [3.63, 3.8) is 0 Å². The molecule has 0 saturated carbocycles. The molecule has 0 saturated heterocycles. The maximum absolute atomic E-state index is 7.03. The van der Waals surface area contributed by atoms with Crippen LogP contribution in [0.1, 0.15) is 38.9 Å². The minimum absolute atomic E-state index is 0.654. The molecule has 0 bridgehead atoms. The van der Waals surface area contributed by atoms with Crippen LogP contribution in [-0.4, -0.2) is 0 Å². The molecule has 148 valence electrons. The van der Waals surface area contributed by atoms with Crippen molar-refractivity contribution in [1.29, 1.82) is 0 Å². The van der Waals surface area contributed by atoms with E-state index >= 15 is 0 Å². The van der Waals surface area contributed by atoms with Gasteiger partial charge in [0.15, 0.2) is 5.60 Å². The zero-order valence-corrected chi connectivity index (χ0v) is 18.0. The summed E-state index contributed by atoms with van der Waals surface area (Å²) < 4.78 is 7.03. The average Bonchev–Trinajstić information content (AvgIpc) is 2.78. The van der Waals surface area contributed by atoms with E-state index in [2.05, 4.69) is 113 Å². The Morgan fingerprint density at radius 3 is 1.70 bits per heavy atom. The Hall–Kier alpha value is -3.32. The second kappa shape index (κ2) is 6.88. The lowest BCUT2D eigenvalue weighted by atomic mass is 9.81. The Morgan fingerprint density at radius 1 is 0.600 bits per heavy atom. The largest absolute Gasteiger partial charge is 0.472 e. The van der Waals surface area contributed by atoms with Crippen LogP contribution in [0.15, 0.2) is 78.9 Å². The monoisotopic (exact) mass is 390 g/mol. The zero-order chi connectivity index (χ0) is 20.9. The van der Waals surface area contributed by atoms with Gasteiger partial charge in [0, 0.05) is 22.1 Å². The molecule has 0 N–H and O–H groups in total. The van der Waals surface area contributed by atoms with E-state index < -0.39 is 5.60 Å². The first-order valence-electron chi connectivity index (χ1n) is 10.5. The number of ether oxygens (including phenoxy) is 1. The van der Waals surface area contributed by atoms with Crippen molar-refractivity contribution in [2.45, 2.75) is 33.3 Å². The molecule has 4 aromatic rings. The summed E-state index contributed by atoms with van der Waals surface area (Å²) >= 11 is 0. The van der Waals surface area contributed by atoms with E-state index in [9.17, 15) is 0 Å². The van der Waals surface area contributed by atoms with Crippen LogP contribution in [0.25, 0.3) is 16.8 Å². The summed E-state index contributed by atoms with van der Waals surface area (Å²) in [6.45, 7) is 8.64. The van der Waals surface area contributed by atoms with Crippen LogP contribution in [0.2, 0.25) is 0 Å². The summed E-state index contributed by atoms with van der Waals surface area (Å²) in [6, 6.07) is 26.0. The van der Waals surface area contributed by atoms with E-state index in [1.54, 1.807) is 0 Å². The third kappa shape index (κ3) is 2.77. The van der Waals surface area contributed by atoms with Crippen LogP contribution >= 0.6 is 0 Å². The van der Waals surface area contributed by atoms with Gasteiger partial charge in [0.05, 0.1) is 0 Å². The Labute approximate surface area is 178 Å². The van der Waals surface area contributed by atoms with E-state index in [1.165, 1.54) is 38.6 Å². The normalized spacial score (nSPS) is 14.4. The molecule has 0 aromatic heterocycles. The number of benzene rings is 4. The van der Waals surface area contributed by atoms with Gasteiger partial charge in [0.1, 0.15) is 5.75 Å². The first-order valence-corrected chi connectivity index (χ1v) is 10.5. The minimum Gasteiger partial charge on any atom is -0.472 e. The second-order valence-corrected chi connectivity index (χ2v) is 8.44. The van der Waals surface area contributed by atoms with Crippen LogP contribution in [0.5, 0.6) is 5.75 Å². The van der Waals surface area contributed by atoms with E-state index in [0.29, 0.717) is 0 Å². The van der Waals surface area contributed by atoms with Crippen LogP contribution in [-0.2, 0) is 5.60 Å². The number of hydrogen-bond acceptors (Lipinski definition) is 1. The van der Waals surface area contributed by atoms with Crippen molar-refractivity contribution in [2.75, 3.05) is 0 Å². The van der Waals surface area contributed by atoms with E-state index in [1.807, 2.05) is 0 Å². The number of hydrogen-bond donors (Lipinski definition) is 0. The highest BCUT2D eigenvalue weighted by Gasteiger charge is 2.38. The minimum atomic E-state index is -0.654. The first-order chi connectivity index (χ1) is 14.5. The van der Waals surface area contributed by atoms with E-state index in [4.69, 9.17) is 4.74 Å². The van der Waals surface area contributed by atoms with Gasteiger partial charge in [0.25, 0.3) is 0 Å². The van der Waals surface area contributed by atoms with Crippen LogP contribution in [0, 0.1) is 27.7 Å². The van der Waals surface area contributed by atoms with Gasteiger partial charge in [-0.3, -0.25) is 0 Å². The number of fused-ring (bicyclic) bond motifs is 3. The molecular weight excluding hydrogens is 364 g/mol. The fourth-order valence-corrected chi connectivity index (χ4v) is 4.51. The van der Waals surface area contributed by atoms with Gasteiger partial charge in [-0.05, 0) is 50.3 Å². The fraction of sp³-hybridized carbons (Fsp3) is 0.172. The Morgan fingerprint density at radius 2 is 1.13 bits per heavy atom. The summed E-state index contributed by atoms with van der Waals surface area (Å²) in [6.07, 6.45) is 4.49. The van der Waals surface area contributed by atoms with Crippen LogP contribution < -0.4 is 4.74 Å². The fourth-order valence-electron chi connectivity index (χ4n) is 4.51. The van der Waals surface area contributed by atoms with E-state index in [0.717, 1.165) is 16.9 Å². The zero-order valence-electron chi connectivity index (χ0n) is 18.0. The highest BCUT2D eigenvalue weighted by atomic mass is 16.5. The van der Waals surface area contributed by atoms with Gasteiger partial charge in [0.2, 0.25) is 0 Å². The van der Waals surface area contributed by atoms with Crippen molar-refractivity contribution in [3.05, 3.63) is 118 Å². The molecule has 0 unspecified atom stereocenters. The van der Waals surface area contributed by atoms with E-state index in [-0.39, 0.29) is 0 Å². The molecule has 1 aliphatic heterocycles. The van der Waals surface area contributed by atoms with Crippen molar-refractivity contribution < 1.29 is 4.74 Å². The SMILES string of the molecule is Cc1ccc(C2(c3ccc(C)cc3)C=Cc3c(C)c(C)c4ccccc4c3O2)cc1. The van der Waals surface area contributed by atoms with Gasteiger partial charge < -0.3 is 4.74 Å². The lowest BCUT2D eigenvalue weighted by Gasteiger charge is -2.37. The predicted molar refractivity (Wildman–Crippen MR) is 126 cm³/mol. The molecule has 0 spiro atoms. The molecule has 5 rings (SSSR count). The molecule has 0 atom stereocenters. The molecule has 1 aliphatic rings. The first kappa shape index (κ1) is 18.7. The number of rotatable bonds is 2. The smallest absolute Gasteiger partial charge is 0.178 e. The number of aryl methyl sites for hydroxylation is 3. The summed E-state index contributed by atoms with van der Waals surface area (Å²) in [4.78, 5) is 0. The summed E-state index contributed by atoms with van der Waals surface area (Å²) in [5.41, 5.74) is 7.89. The molecule has 30 heavy (non-hydrogen) atoms. The molecule has 1 heteroatoms. The van der Waals surface area contributed by atoms with Gasteiger partial charge in [-0.15, -0.1) is 0 Å².